The summed E-state index contributed by atoms with van der Waals surface area (Å²) in [5.74, 6) is 0. The van der Waals surface area contributed by atoms with Gasteiger partial charge in [0, 0.05) is 13.2 Å². The Morgan fingerprint density at radius 2 is 1.67 bits per heavy atom. The lowest BCUT2D eigenvalue weighted by Gasteiger charge is -1.97. The van der Waals surface area contributed by atoms with Crippen LogP contribution in [0.3, 0.4) is 0 Å². The van der Waals surface area contributed by atoms with E-state index in [4.69, 9.17) is 10.0 Å². The number of benzene rings is 1. The average molecular weight is 330 g/mol. The van der Waals surface area contributed by atoms with Crippen molar-refractivity contribution in [3.63, 3.8) is 0 Å². The largest absolute Gasteiger partial charge is 0.499 e. The summed E-state index contributed by atoms with van der Waals surface area (Å²) in [6.45, 7) is 0. The van der Waals surface area contributed by atoms with E-state index in [0.29, 0.717) is 4.78 Å². The Labute approximate surface area is 106 Å². The smallest absolute Gasteiger partial charge is 0.423 e. The number of halogens is 1. The van der Waals surface area contributed by atoms with Gasteiger partial charge in [-0.05, 0) is 46.4 Å². The molecule has 0 amide bonds. The van der Waals surface area contributed by atoms with E-state index in [-0.39, 0.29) is 0 Å². The molecule has 0 radical (unpaired) electrons. The maximum absolute atomic E-state index is 8.99. The summed E-state index contributed by atoms with van der Waals surface area (Å²) >= 11 is 3.65. The van der Waals surface area contributed by atoms with Crippen molar-refractivity contribution in [3.05, 3.63) is 40.0 Å². The lowest BCUT2D eigenvalue weighted by Crippen LogP contribution is -2.26. The fourth-order valence-electron chi connectivity index (χ4n) is 1.26. The molecular formula is C10H8BIO2S. The van der Waals surface area contributed by atoms with Gasteiger partial charge in [-0.1, -0.05) is 18.2 Å². The van der Waals surface area contributed by atoms with Crippen LogP contribution in [0.2, 0.25) is 0 Å². The van der Waals surface area contributed by atoms with Gasteiger partial charge in [-0.25, -0.2) is 0 Å². The minimum atomic E-state index is -1.37. The van der Waals surface area contributed by atoms with Gasteiger partial charge in [-0.2, -0.15) is 0 Å². The predicted octanol–water partition coefficient (Wildman–Crippen LogP) is 1.70. The van der Waals surface area contributed by atoms with E-state index >= 15 is 0 Å². The van der Waals surface area contributed by atoms with Crippen LogP contribution < -0.4 is 4.78 Å². The van der Waals surface area contributed by atoms with Crippen LogP contribution in [-0.4, -0.2) is 17.2 Å². The zero-order valence-corrected chi connectivity index (χ0v) is 10.7. The molecule has 0 atom stereocenters. The molecule has 2 aromatic rings. The van der Waals surface area contributed by atoms with Gasteiger partial charge in [0.15, 0.2) is 0 Å². The van der Waals surface area contributed by atoms with Gasteiger partial charge >= 0.3 is 7.12 Å². The Hall–Kier alpha value is -0.365. The summed E-state index contributed by atoms with van der Waals surface area (Å²) in [7, 11) is -1.37. The molecule has 0 aliphatic rings. The summed E-state index contributed by atoms with van der Waals surface area (Å²) in [6.07, 6.45) is 0. The van der Waals surface area contributed by atoms with E-state index in [0.717, 1.165) is 10.4 Å². The van der Waals surface area contributed by atoms with Crippen LogP contribution >= 0.6 is 33.9 Å². The molecule has 5 heteroatoms. The normalized spacial score (nSPS) is 10.3. The summed E-state index contributed by atoms with van der Waals surface area (Å²) in [4.78, 5) is 1.05. The van der Waals surface area contributed by atoms with Crippen LogP contribution in [0.15, 0.2) is 36.4 Å². The Morgan fingerprint density at radius 1 is 1.00 bits per heavy atom. The van der Waals surface area contributed by atoms with Gasteiger partial charge in [0.25, 0.3) is 0 Å². The number of hydrogen-bond acceptors (Lipinski definition) is 3. The van der Waals surface area contributed by atoms with Crippen molar-refractivity contribution in [2.24, 2.45) is 0 Å². The molecule has 0 spiro atoms. The molecule has 1 heterocycles. The van der Waals surface area contributed by atoms with Crippen LogP contribution in [0.1, 0.15) is 0 Å². The van der Waals surface area contributed by atoms with Crippen LogP contribution in [-0.2, 0) is 0 Å². The van der Waals surface area contributed by atoms with E-state index in [9.17, 15) is 0 Å². The minimum absolute atomic E-state index is 0.573. The average Bonchev–Trinajstić information content (AvgIpc) is 2.68. The van der Waals surface area contributed by atoms with Crippen molar-refractivity contribution < 1.29 is 10.0 Å². The molecule has 0 unspecified atom stereocenters. The zero-order valence-electron chi connectivity index (χ0n) is 7.72. The molecule has 2 N–H and O–H groups in total. The van der Waals surface area contributed by atoms with Gasteiger partial charge in [-0.3, -0.25) is 0 Å². The standard InChI is InChI=1S/C10H8BIO2S/c12-8-3-1-7(2-4-8)9-5-6-10(15-9)11(13)14/h1-6,13-14H. The van der Waals surface area contributed by atoms with Crippen LogP contribution in [0.4, 0.5) is 0 Å². The maximum atomic E-state index is 8.99. The SMILES string of the molecule is OB(O)c1ccc(-c2ccc(I)cc2)s1. The summed E-state index contributed by atoms with van der Waals surface area (Å²) in [6, 6.07) is 11.8. The Morgan fingerprint density at radius 3 is 2.20 bits per heavy atom. The van der Waals surface area contributed by atoms with Gasteiger partial charge in [0.05, 0.1) is 0 Å². The van der Waals surface area contributed by atoms with Crippen molar-refractivity contribution in [3.8, 4) is 10.4 Å². The van der Waals surface area contributed by atoms with Crippen molar-refractivity contribution >= 4 is 45.8 Å². The molecule has 0 fully saturated rings. The lowest BCUT2D eigenvalue weighted by atomic mass is 9.90. The zero-order chi connectivity index (χ0) is 10.8. The third-order valence-electron chi connectivity index (χ3n) is 2.01. The number of rotatable bonds is 2. The molecule has 1 aromatic carbocycles. The Balaban J connectivity index is 2.33. The molecular weight excluding hydrogens is 322 g/mol. The first-order valence-corrected chi connectivity index (χ1v) is 6.28. The van der Waals surface area contributed by atoms with Crippen molar-refractivity contribution in [2.45, 2.75) is 0 Å². The van der Waals surface area contributed by atoms with E-state index < -0.39 is 7.12 Å². The van der Waals surface area contributed by atoms with E-state index in [1.807, 2.05) is 30.3 Å². The second-order valence-electron chi connectivity index (χ2n) is 3.08. The highest BCUT2D eigenvalue weighted by Crippen LogP contribution is 2.24. The summed E-state index contributed by atoms with van der Waals surface area (Å²) < 4.78 is 1.76. The monoisotopic (exact) mass is 330 g/mol. The molecule has 0 aliphatic carbocycles. The molecule has 1 aromatic heterocycles. The summed E-state index contributed by atoms with van der Waals surface area (Å²) in [5, 5.41) is 18.0. The molecule has 15 heavy (non-hydrogen) atoms. The molecule has 0 aliphatic heterocycles. The first kappa shape index (κ1) is 11.1. The van der Waals surface area contributed by atoms with E-state index in [2.05, 4.69) is 22.6 Å². The maximum Gasteiger partial charge on any atom is 0.499 e. The fourth-order valence-corrected chi connectivity index (χ4v) is 2.51. The predicted molar refractivity (Wildman–Crippen MR) is 72.3 cm³/mol. The van der Waals surface area contributed by atoms with Gasteiger partial charge < -0.3 is 10.0 Å². The minimum Gasteiger partial charge on any atom is -0.423 e. The third-order valence-corrected chi connectivity index (χ3v) is 3.90. The topological polar surface area (TPSA) is 40.5 Å². The van der Waals surface area contributed by atoms with Crippen molar-refractivity contribution in [1.29, 1.82) is 0 Å². The molecule has 2 nitrogen and oxygen atoms in total. The Kier molecular flexibility index (Phi) is 3.45. The van der Waals surface area contributed by atoms with Crippen molar-refractivity contribution in [2.75, 3.05) is 0 Å². The summed E-state index contributed by atoms with van der Waals surface area (Å²) in [5.41, 5.74) is 1.10. The van der Waals surface area contributed by atoms with Gasteiger partial charge in [0.2, 0.25) is 0 Å². The first-order valence-electron chi connectivity index (χ1n) is 4.38. The van der Waals surface area contributed by atoms with E-state index in [1.54, 1.807) is 6.07 Å². The highest BCUT2D eigenvalue weighted by Gasteiger charge is 2.13. The van der Waals surface area contributed by atoms with Crippen LogP contribution in [0.25, 0.3) is 10.4 Å². The molecule has 2 rings (SSSR count). The van der Waals surface area contributed by atoms with Gasteiger partial charge in [-0.15, -0.1) is 11.3 Å². The van der Waals surface area contributed by atoms with E-state index in [1.165, 1.54) is 14.9 Å². The molecule has 0 bridgehead atoms. The van der Waals surface area contributed by atoms with Crippen LogP contribution in [0, 0.1) is 3.57 Å². The third kappa shape index (κ3) is 2.60. The molecule has 0 saturated heterocycles. The number of thiophene rings is 1. The first-order chi connectivity index (χ1) is 7.16. The highest BCUT2D eigenvalue weighted by atomic mass is 127. The Bertz CT molecular complexity index is 453. The molecule has 76 valence electrons. The second kappa shape index (κ2) is 4.65. The van der Waals surface area contributed by atoms with Crippen LogP contribution in [0.5, 0.6) is 0 Å². The number of hydrogen-bond donors (Lipinski definition) is 2. The quantitative estimate of drug-likeness (QED) is 0.650. The fraction of sp³-hybridized carbons (Fsp3) is 0. The van der Waals surface area contributed by atoms with Crippen molar-refractivity contribution in [1.82, 2.24) is 0 Å². The second-order valence-corrected chi connectivity index (χ2v) is 5.44. The van der Waals surface area contributed by atoms with Gasteiger partial charge in [0.1, 0.15) is 0 Å². The molecule has 0 saturated carbocycles. The lowest BCUT2D eigenvalue weighted by molar-refractivity contribution is 0.427. The highest BCUT2D eigenvalue weighted by molar-refractivity contribution is 14.1.